The van der Waals surface area contributed by atoms with E-state index in [0.717, 1.165) is 0 Å². The van der Waals surface area contributed by atoms with Crippen LogP contribution in [0.2, 0.25) is 0 Å². The maximum Gasteiger partial charge on any atom is 0.0587 e. The van der Waals surface area contributed by atoms with Crippen LogP contribution < -0.4 is 5.73 Å². The first kappa shape index (κ1) is 13.2. The molecular weight excluding hydrogens is 196 g/mol. The molecule has 2 unspecified atom stereocenters. The number of nitrogens with zero attached hydrogens (tertiary/aromatic N) is 1. The fourth-order valence-electron chi connectivity index (χ4n) is 2.21. The minimum Gasteiger partial charge on any atom is -0.320 e. The fourth-order valence-corrected chi connectivity index (χ4v) is 2.21. The molecule has 2 atom stereocenters. The lowest BCUT2D eigenvalue weighted by Gasteiger charge is -2.43. The molecule has 0 amide bonds. The van der Waals surface area contributed by atoms with Crippen LogP contribution in [-0.2, 0) is 5.54 Å². The summed E-state index contributed by atoms with van der Waals surface area (Å²) in [6.07, 6.45) is 0. The topological polar surface area (TPSA) is 29.3 Å². The first-order valence-electron chi connectivity index (χ1n) is 5.91. The van der Waals surface area contributed by atoms with Crippen molar-refractivity contribution < 1.29 is 0 Å². The minimum atomic E-state index is -0.301. The molecule has 1 aromatic carbocycles. The molecule has 0 radical (unpaired) electrons. The van der Waals surface area contributed by atoms with Gasteiger partial charge < -0.3 is 10.6 Å². The maximum absolute atomic E-state index is 6.66. The predicted molar refractivity (Wildman–Crippen MR) is 70.3 cm³/mol. The molecule has 0 saturated carbocycles. The van der Waals surface area contributed by atoms with Crippen LogP contribution in [0.1, 0.15) is 26.3 Å². The highest BCUT2D eigenvalue weighted by molar-refractivity contribution is 5.26. The zero-order valence-electron chi connectivity index (χ0n) is 11.1. The molecule has 0 saturated heterocycles. The third-order valence-electron chi connectivity index (χ3n) is 3.70. The standard InChI is InChI=1S/C14H24N2/c1-11(2)14(15,12(3)16(4)5)13-9-7-6-8-10-13/h6-12H,15H2,1-5H3. The Balaban J connectivity index is 3.17. The first-order chi connectivity index (χ1) is 7.40. The number of benzene rings is 1. The van der Waals surface area contributed by atoms with Gasteiger partial charge in [0.1, 0.15) is 0 Å². The third-order valence-corrected chi connectivity index (χ3v) is 3.70. The lowest BCUT2D eigenvalue weighted by atomic mass is 9.75. The van der Waals surface area contributed by atoms with Gasteiger partial charge >= 0.3 is 0 Å². The third kappa shape index (κ3) is 2.28. The Morgan fingerprint density at radius 3 is 1.94 bits per heavy atom. The summed E-state index contributed by atoms with van der Waals surface area (Å²) in [4.78, 5) is 2.19. The number of rotatable bonds is 4. The number of likely N-dealkylation sites (N-methyl/N-ethyl adjacent to an activating group) is 1. The molecule has 0 aliphatic heterocycles. The van der Waals surface area contributed by atoms with Crippen LogP contribution in [0.15, 0.2) is 30.3 Å². The Morgan fingerprint density at radius 1 is 1.06 bits per heavy atom. The average Bonchev–Trinajstić information content (AvgIpc) is 2.27. The molecule has 2 N–H and O–H groups in total. The summed E-state index contributed by atoms with van der Waals surface area (Å²) in [6, 6.07) is 10.7. The summed E-state index contributed by atoms with van der Waals surface area (Å²) in [6.45, 7) is 6.56. The van der Waals surface area contributed by atoms with Gasteiger partial charge in [0.2, 0.25) is 0 Å². The summed E-state index contributed by atoms with van der Waals surface area (Å²) >= 11 is 0. The Kier molecular flexibility index (Phi) is 4.11. The highest BCUT2D eigenvalue weighted by Gasteiger charge is 2.37. The molecule has 0 heterocycles. The van der Waals surface area contributed by atoms with Crippen molar-refractivity contribution in [2.75, 3.05) is 14.1 Å². The minimum absolute atomic E-state index is 0.301. The van der Waals surface area contributed by atoms with Crippen molar-refractivity contribution in [1.29, 1.82) is 0 Å². The van der Waals surface area contributed by atoms with Crippen molar-refractivity contribution in [2.45, 2.75) is 32.4 Å². The molecule has 2 nitrogen and oxygen atoms in total. The molecule has 0 bridgehead atoms. The Labute approximate surface area is 99.5 Å². The van der Waals surface area contributed by atoms with Crippen LogP contribution >= 0.6 is 0 Å². The quantitative estimate of drug-likeness (QED) is 0.844. The van der Waals surface area contributed by atoms with E-state index in [1.165, 1.54) is 5.56 Å². The van der Waals surface area contributed by atoms with Crippen molar-refractivity contribution in [1.82, 2.24) is 4.90 Å². The van der Waals surface area contributed by atoms with Crippen molar-refractivity contribution in [3.05, 3.63) is 35.9 Å². The SMILES string of the molecule is CC(C)C(N)(c1ccccc1)C(C)N(C)C. The highest BCUT2D eigenvalue weighted by atomic mass is 15.1. The van der Waals surface area contributed by atoms with Gasteiger partial charge in [-0.3, -0.25) is 0 Å². The smallest absolute Gasteiger partial charge is 0.0587 e. The molecule has 2 heteroatoms. The van der Waals surface area contributed by atoms with E-state index in [4.69, 9.17) is 5.73 Å². The maximum atomic E-state index is 6.66. The Bertz CT molecular complexity index is 319. The van der Waals surface area contributed by atoms with E-state index in [9.17, 15) is 0 Å². The van der Waals surface area contributed by atoms with Crippen LogP contribution in [0.5, 0.6) is 0 Å². The van der Waals surface area contributed by atoms with Crippen molar-refractivity contribution >= 4 is 0 Å². The van der Waals surface area contributed by atoms with Crippen LogP contribution in [0.25, 0.3) is 0 Å². The van der Waals surface area contributed by atoms with E-state index in [-0.39, 0.29) is 5.54 Å². The number of nitrogens with two attached hydrogens (primary N) is 1. The van der Waals surface area contributed by atoms with E-state index < -0.39 is 0 Å². The molecular formula is C14H24N2. The summed E-state index contributed by atoms with van der Waals surface area (Å²) in [5.74, 6) is 0.396. The number of hydrogen-bond acceptors (Lipinski definition) is 2. The second kappa shape index (κ2) is 4.98. The van der Waals surface area contributed by atoms with Gasteiger partial charge in [-0.05, 0) is 32.5 Å². The molecule has 0 aromatic heterocycles. The number of hydrogen-bond donors (Lipinski definition) is 1. The van der Waals surface area contributed by atoms with E-state index in [1.54, 1.807) is 0 Å². The monoisotopic (exact) mass is 220 g/mol. The van der Waals surface area contributed by atoms with Crippen LogP contribution in [0.4, 0.5) is 0 Å². The zero-order valence-corrected chi connectivity index (χ0v) is 11.1. The second-order valence-electron chi connectivity index (χ2n) is 5.09. The lowest BCUT2D eigenvalue weighted by molar-refractivity contribution is 0.146. The van der Waals surface area contributed by atoms with Gasteiger partial charge in [0.25, 0.3) is 0 Å². The van der Waals surface area contributed by atoms with Gasteiger partial charge in [-0.1, -0.05) is 44.2 Å². The predicted octanol–water partition coefficient (Wildman–Crippen LogP) is 2.45. The van der Waals surface area contributed by atoms with Gasteiger partial charge in [0.15, 0.2) is 0 Å². The van der Waals surface area contributed by atoms with Gasteiger partial charge in [-0.2, -0.15) is 0 Å². The van der Waals surface area contributed by atoms with E-state index in [0.29, 0.717) is 12.0 Å². The molecule has 0 spiro atoms. The van der Waals surface area contributed by atoms with Crippen molar-refractivity contribution in [3.8, 4) is 0 Å². The summed E-state index contributed by atoms with van der Waals surface area (Å²) in [5.41, 5.74) is 7.58. The first-order valence-corrected chi connectivity index (χ1v) is 5.91. The molecule has 0 fully saturated rings. The summed E-state index contributed by atoms with van der Waals surface area (Å²) in [7, 11) is 4.16. The molecule has 0 aliphatic carbocycles. The second-order valence-corrected chi connectivity index (χ2v) is 5.09. The van der Waals surface area contributed by atoms with E-state index >= 15 is 0 Å². The van der Waals surface area contributed by atoms with Gasteiger partial charge in [0.05, 0.1) is 5.54 Å². The van der Waals surface area contributed by atoms with Crippen LogP contribution in [-0.4, -0.2) is 25.0 Å². The van der Waals surface area contributed by atoms with Gasteiger partial charge in [-0.15, -0.1) is 0 Å². The molecule has 90 valence electrons. The zero-order chi connectivity index (χ0) is 12.3. The van der Waals surface area contributed by atoms with E-state index in [2.05, 4.69) is 64.0 Å². The summed E-state index contributed by atoms with van der Waals surface area (Å²) < 4.78 is 0. The average molecular weight is 220 g/mol. The molecule has 16 heavy (non-hydrogen) atoms. The largest absolute Gasteiger partial charge is 0.320 e. The fraction of sp³-hybridized carbons (Fsp3) is 0.571. The van der Waals surface area contributed by atoms with Crippen molar-refractivity contribution in [3.63, 3.8) is 0 Å². The normalized spacial score (nSPS) is 17.5. The highest BCUT2D eigenvalue weighted by Crippen LogP contribution is 2.32. The lowest BCUT2D eigenvalue weighted by Crippen LogP contribution is -2.56. The molecule has 1 rings (SSSR count). The van der Waals surface area contributed by atoms with Gasteiger partial charge in [-0.25, -0.2) is 0 Å². The Morgan fingerprint density at radius 2 is 1.56 bits per heavy atom. The molecule has 0 aliphatic rings. The van der Waals surface area contributed by atoms with Crippen LogP contribution in [0, 0.1) is 5.92 Å². The molecule has 1 aromatic rings. The Hall–Kier alpha value is -0.860. The van der Waals surface area contributed by atoms with Gasteiger partial charge in [0, 0.05) is 6.04 Å². The van der Waals surface area contributed by atoms with Crippen molar-refractivity contribution in [2.24, 2.45) is 11.7 Å². The van der Waals surface area contributed by atoms with E-state index in [1.807, 2.05) is 6.07 Å². The van der Waals surface area contributed by atoms with Crippen LogP contribution in [0.3, 0.4) is 0 Å². The summed E-state index contributed by atoms with van der Waals surface area (Å²) in [5, 5.41) is 0.